The van der Waals surface area contributed by atoms with Crippen molar-refractivity contribution in [3.63, 3.8) is 0 Å². The first kappa shape index (κ1) is 20.2. The average Bonchev–Trinajstić information content (AvgIpc) is 3.00. The number of likely N-dealkylation sites (tertiary alicyclic amines) is 1. The normalized spacial score (nSPS) is 20.2. The molecule has 1 aliphatic heterocycles. The summed E-state index contributed by atoms with van der Waals surface area (Å²) in [6, 6.07) is 14.1. The van der Waals surface area contributed by atoms with Gasteiger partial charge < -0.3 is 10.1 Å². The number of para-hydroxylation sites is 1. The zero-order chi connectivity index (χ0) is 21.1. The maximum atomic E-state index is 12.4. The minimum absolute atomic E-state index is 0.0578. The molecule has 2 aromatic rings. The fourth-order valence-corrected chi connectivity index (χ4v) is 3.96. The Kier molecular flexibility index (Phi) is 5.86. The molecule has 0 aromatic heterocycles. The first-order valence-electron chi connectivity index (χ1n) is 9.85. The van der Waals surface area contributed by atoms with Crippen molar-refractivity contribution in [2.24, 2.45) is 11.8 Å². The number of imide groups is 1. The second kappa shape index (κ2) is 8.71. The van der Waals surface area contributed by atoms with Crippen LogP contribution in [0.15, 0.2) is 60.7 Å². The van der Waals surface area contributed by atoms with Gasteiger partial charge in [-0.1, -0.05) is 35.9 Å². The summed E-state index contributed by atoms with van der Waals surface area (Å²) in [5, 5.41) is 3.29. The van der Waals surface area contributed by atoms with Gasteiger partial charge in [0.25, 0.3) is 0 Å². The molecule has 4 rings (SSSR count). The molecule has 1 heterocycles. The predicted molar refractivity (Wildman–Crippen MR) is 113 cm³/mol. The van der Waals surface area contributed by atoms with Crippen molar-refractivity contribution in [3.8, 4) is 11.5 Å². The Balaban J connectivity index is 1.30. The molecule has 154 valence electrons. The molecule has 2 unspecified atom stereocenters. The Labute approximate surface area is 179 Å². The van der Waals surface area contributed by atoms with Crippen LogP contribution in [-0.2, 0) is 14.4 Å². The van der Waals surface area contributed by atoms with Gasteiger partial charge in [-0.2, -0.15) is 0 Å². The lowest BCUT2D eigenvalue weighted by molar-refractivity contribution is -0.140. The number of carbonyl (C=O) groups is 3. The highest BCUT2D eigenvalue weighted by atomic mass is 35.5. The van der Waals surface area contributed by atoms with Gasteiger partial charge >= 0.3 is 0 Å². The summed E-state index contributed by atoms with van der Waals surface area (Å²) in [5.74, 6) is 0.0134. The third kappa shape index (κ3) is 4.24. The van der Waals surface area contributed by atoms with E-state index in [1.165, 1.54) is 4.90 Å². The van der Waals surface area contributed by atoms with Crippen LogP contribution in [0.3, 0.4) is 0 Å². The van der Waals surface area contributed by atoms with Gasteiger partial charge in [-0.05, 0) is 49.2 Å². The molecule has 1 N–H and O–H groups in total. The Morgan fingerprint density at radius 3 is 2.27 bits per heavy atom. The van der Waals surface area contributed by atoms with Crippen LogP contribution in [-0.4, -0.2) is 29.2 Å². The van der Waals surface area contributed by atoms with Gasteiger partial charge in [-0.15, -0.1) is 0 Å². The van der Waals surface area contributed by atoms with Crippen LogP contribution >= 0.6 is 11.6 Å². The predicted octanol–water partition coefficient (Wildman–Crippen LogP) is 4.41. The van der Waals surface area contributed by atoms with Crippen molar-refractivity contribution in [2.45, 2.75) is 19.3 Å². The highest BCUT2D eigenvalue weighted by Gasteiger charge is 2.46. The van der Waals surface area contributed by atoms with Crippen LogP contribution in [0.1, 0.15) is 19.3 Å². The first-order chi connectivity index (χ1) is 14.5. The second-order valence-corrected chi connectivity index (χ2v) is 7.75. The van der Waals surface area contributed by atoms with E-state index in [0.717, 1.165) is 0 Å². The van der Waals surface area contributed by atoms with Crippen molar-refractivity contribution in [1.29, 1.82) is 0 Å². The summed E-state index contributed by atoms with van der Waals surface area (Å²) < 4.78 is 5.72. The minimum atomic E-state index is -0.267. The SMILES string of the molecule is O=C(CCN1C(=O)C2CC=CCC2C1=O)Nc1ccc(Oc2ccccc2Cl)cc1. The quantitative estimate of drug-likeness (QED) is 0.550. The molecule has 0 saturated carbocycles. The molecular formula is C23H21ClN2O4. The average molecular weight is 425 g/mol. The van der Waals surface area contributed by atoms with Gasteiger partial charge in [0.15, 0.2) is 0 Å². The van der Waals surface area contributed by atoms with Crippen molar-refractivity contribution >= 4 is 35.0 Å². The number of benzene rings is 2. The van der Waals surface area contributed by atoms with E-state index < -0.39 is 0 Å². The molecule has 2 atom stereocenters. The number of nitrogens with zero attached hydrogens (tertiary/aromatic N) is 1. The smallest absolute Gasteiger partial charge is 0.233 e. The van der Waals surface area contributed by atoms with Crippen molar-refractivity contribution < 1.29 is 19.1 Å². The molecule has 7 heteroatoms. The summed E-state index contributed by atoms with van der Waals surface area (Å²) in [7, 11) is 0. The Morgan fingerprint density at radius 2 is 1.63 bits per heavy atom. The summed E-state index contributed by atoms with van der Waals surface area (Å²) in [5.41, 5.74) is 0.600. The maximum absolute atomic E-state index is 12.4. The van der Waals surface area contributed by atoms with Crippen molar-refractivity contribution in [3.05, 3.63) is 65.7 Å². The standard InChI is InChI=1S/C23H21ClN2O4/c24-19-7-3-4-8-20(19)30-16-11-9-15(10-12-16)25-21(27)13-14-26-22(28)17-5-1-2-6-18(17)23(26)29/h1-4,7-12,17-18H,5-6,13-14H2,(H,25,27). The lowest BCUT2D eigenvalue weighted by Crippen LogP contribution is -2.34. The molecule has 0 spiro atoms. The van der Waals surface area contributed by atoms with E-state index in [9.17, 15) is 14.4 Å². The van der Waals surface area contributed by atoms with Gasteiger partial charge in [0, 0.05) is 18.7 Å². The molecule has 1 aliphatic carbocycles. The molecule has 3 amide bonds. The molecule has 30 heavy (non-hydrogen) atoms. The van der Waals surface area contributed by atoms with E-state index in [4.69, 9.17) is 16.3 Å². The monoisotopic (exact) mass is 424 g/mol. The minimum Gasteiger partial charge on any atom is -0.456 e. The molecule has 1 fully saturated rings. The molecule has 2 aromatic carbocycles. The highest BCUT2D eigenvalue weighted by molar-refractivity contribution is 6.32. The molecular weight excluding hydrogens is 404 g/mol. The zero-order valence-corrected chi connectivity index (χ0v) is 17.0. The number of anilines is 1. The van der Waals surface area contributed by atoms with Gasteiger partial charge in [-0.25, -0.2) is 0 Å². The Morgan fingerprint density at radius 1 is 1.00 bits per heavy atom. The summed E-state index contributed by atoms with van der Waals surface area (Å²) in [4.78, 5) is 38.4. The van der Waals surface area contributed by atoms with Crippen LogP contribution in [0.2, 0.25) is 5.02 Å². The van der Waals surface area contributed by atoms with Crippen LogP contribution in [0.4, 0.5) is 5.69 Å². The highest BCUT2D eigenvalue weighted by Crippen LogP contribution is 2.35. The van der Waals surface area contributed by atoms with E-state index in [-0.39, 0.29) is 42.5 Å². The number of rotatable bonds is 6. The number of hydrogen-bond donors (Lipinski definition) is 1. The number of hydrogen-bond acceptors (Lipinski definition) is 4. The van der Waals surface area contributed by atoms with Gasteiger partial charge in [0.05, 0.1) is 16.9 Å². The molecule has 2 aliphatic rings. The second-order valence-electron chi connectivity index (χ2n) is 7.34. The molecule has 6 nitrogen and oxygen atoms in total. The fraction of sp³-hybridized carbons (Fsp3) is 0.261. The Hall–Kier alpha value is -3.12. The molecule has 1 saturated heterocycles. The number of fused-ring (bicyclic) bond motifs is 1. The van der Waals surface area contributed by atoms with Crippen molar-refractivity contribution in [2.75, 3.05) is 11.9 Å². The summed E-state index contributed by atoms with van der Waals surface area (Å²) in [6.07, 6.45) is 5.15. The lowest BCUT2D eigenvalue weighted by atomic mass is 9.85. The molecule has 0 radical (unpaired) electrons. The number of allylic oxidation sites excluding steroid dienone is 2. The van der Waals surface area contributed by atoms with E-state index in [0.29, 0.717) is 35.1 Å². The number of carbonyl (C=O) groups excluding carboxylic acids is 3. The number of nitrogens with one attached hydrogen (secondary N) is 1. The largest absolute Gasteiger partial charge is 0.456 e. The van der Waals surface area contributed by atoms with Crippen LogP contribution in [0, 0.1) is 11.8 Å². The molecule has 0 bridgehead atoms. The topological polar surface area (TPSA) is 75.7 Å². The fourth-order valence-electron chi connectivity index (χ4n) is 3.79. The van der Waals surface area contributed by atoms with Crippen molar-refractivity contribution in [1.82, 2.24) is 4.90 Å². The Bertz CT molecular complexity index is 977. The van der Waals surface area contributed by atoms with E-state index in [1.807, 2.05) is 24.3 Å². The van der Waals surface area contributed by atoms with Crippen LogP contribution < -0.4 is 10.1 Å². The summed E-state index contributed by atoms with van der Waals surface area (Å²) in [6.45, 7) is 0.101. The van der Waals surface area contributed by atoms with Gasteiger partial charge in [0.2, 0.25) is 17.7 Å². The maximum Gasteiger partial charge on any atom is 0.233 e. The van der Waals surface area contributed by atoms with E-state index >= 15 is 0 Å². The third-order valence-corrected chi connectivity index (χ3v) is 5.68. The van der Waals surface area contributed by atoms with Gasteiger partial charge in [-0.3, -0.25) is 19.3 Å². The van der Waals surface area contributed by atoms with E-state index in [2.05, 4.69) is 5.32 Å². The lowest BCUT2D eigenvalue weighted by Gasteiger charge is -2.14. The third-order valence-electron chi connectivity index (χ3n) is 5.36. The number of ether oxygens (including phenoxy) is 1. The number of amides is 3. The van der Waals surface area contributed by atoms with Gasteiger partial charge in [0.1, 0.15) is 11.5 Å². The van der Waals surface area contributed by atoms with E-state index in [1.54, 1.807) is 36.4 Å². The number of halogens is 1. The van der Waals surface area contributed by atoms with Crippen LogP contribution in [0.5, 0.6) is 11.5 Å². The van der Waals surface area contributed by atoms with Crippen LogP contribution in [0.25, 0.3) is 0 Å². The summed E-state index contributed by atoms with van der Waals surface area (Å²) >= 11 is 6.09. The first-order valence-corrected chi connectivity index (χ1v) is 10.2. The zero-order valence-electron chi connectivity index (χ0n) is 16.2.